The monoisotopic (exact) mass is 390 g/mol. The molecule has 28 heavy (non-hydrogen) atoms. The van der Waals surface area contributed by atoms with Crippen LogP contribution >= 0.6 is 11.8 Å². The Hall–Kier alpha value is -2.86. The fourth-order valence-electron chi connectivity index (χ4n) is 3.11. The van der Waals surface area contributed by atoms with Crippen LogP contribution in [-0.2, 0) is 5.75 Å². The largest absolute Gasteiger partial charge is 0.301 e. The van der Waals surface area contributed by atoms with E-state index in [9.17, 15) is 4.79 Å². The Kier molecular flexibility index (Phi) is 4.81. The van der Waals surface area contributed by atoms with Crippen molar-refractivity contribution < 1.29 is 0 Å². The van der Waals surface area contributed by atoms with Crippen molar-refractivity contribution in [3.8, 4) is 5.69 Å². The molecule has 6 heteroatoms. The summed E-state index contributed by atoms with van der Waals surface area (Å²) in [6, 6.07) is 12.5. The molecule has 2 heterocycles. The first-order valence-corrected chi connectivity index (χ1v) is 10.2. The Morgan fingerprint density at radius 2 is 1.79 bits per heavy atom. The van der Waals surface area contributed by atoms with Crippen molar-refractivity contribution in [3.05, 3.63) is 80.8 Å². The zero-order valence-electron chi connectivity index (χ0n) is 16.4. The Morgan fingerprint density at radius 1 is 1.00 bits per heavy atom. The van der Waals surface area contributed by atoms with E-state index in [1.54, 1.807) is 10.9 Å². The van der Waals surface area contributed by atoms with Gasteiger partial charge in [-0.2, -0.15) is 5.10 Å². The number of nitrogens with zero attached hydrogens (tertiary/aromatic N) is 3. The van der Waals surface area contributed by atoms with Gasteiger partial charge in [0, 0.05) is 5.75 Å². The lowest BCUT2D eigenvalue weighted by atomic mass is 10.1. The zero-order chi connectivity index (χ0) is 19.8. The molecule has 4 rings (SSSR count). The molecule has 0 saturated carbocycles. The number of aryl methyl sites for hydroxylation is 4. The van der Waals surface area contributed by atoms with Gasteiger partial charge >= 0.3 is 0 Å². The van der Waals surface area contributed by atoms with E-state index in [1.165, 1.54) is 39.6 Å². The maximum absolute atomic E-state index is 12.5. The van der Waals surface area contributed by atoms with Crippen molar-refractivity contribution in [2.45, 2.75) is 38.6 Å². The van der Waals surface area contributed by atoms with Gasteiger partial charge in [0.1, 0.15) is 5.39 Å². The second-order valence-corrected chi connectivity index (χ2v) is 8.12. The molecule has 2 aromatic heterocycles. The normalized spacial score (nSPS) is 11.3. The van der Waals surface area contributed by atoms with Gasteiger partial charge in [-0.1, -0.05) is 41.6 Å². The number of nitrogens with one attached hydrogen (secondary N) is 1. The molecule has 1 N–H and O–H groups in total. The summed E-state index contributed by atoms with van der Waals surface area (Å²) in [7, 11) is 0. The van der Waals surface area contributed by atoms with Gasteiger partial charge in [0.05, 0.1) is 11.9 Å². The fourth-order valence-corrected chi connectivity index (χ4v) is 4.03. The van der Waals surface area contributed by atoms with Gasteiger partial charge in [-0.3, -0.25) is 4.79 Å². The number of benzene rings is 2. The molecule has 4 aromatic rings. The summed E-state index contributed by atoms with van der Waals surface area (Å²) in [6.07, 6.45) is 1.58. The summed E-state index contributed by atoms with van der Waals surface area (Å²) >= 11 is 1.53. The van der Waals surface area contributed by atoms with E-state index in [4.69, 9.17) is 4.98 Å². The SMILES string of the molecule is Cc1ccc(C)c(CSc2nc3c(cnn3-c3ccc(C)c(C)c3)c(=O)[nH]2)c1. The summed E-state index contributed by atoms with van der Waals surface area (Å²) in [4.78, 5) is 20.1. The van der Waals surface area contributed by atoms with Crippen LogP contribution in [0.15, 0.2) is 52.5 Å². The quantitative estimate of drug-likeness (QED) is 0.407. The van der Waals surface area contributed by atoms with E-state index >= 15 is 0 Å². The molecular formula is C22H22N4OS. The van der Waals surface area contributed by atoms with Crippen LogP contribution in [0.25, 0.3) is 16.7 Å². The number of aromatic amines is 1. The smallest absolute Gasteiger partial charge is 0.262 e. The number of hydrogen-bond acceptors (Lipinski definition) is 4. The van der Waals surface area contributed by atoms with Crippen LogP contribution in [0.2, 0.25) is 0 Å². The Balaban J connectivity index is 1.71. The molecular weight excluding hydrogens is 368 g/mol. The second kappa shape index (κ2) is 7.28. The Bertz CT molecular complexity index is 1240. The lowest BCUT2D eigenvalue weighted by molar-refractivity contribution is 0.871. The van der Waals surface area contributed by atoms with E-state index < -0.39 is 0 Å². The highest BCUT2D eigenvalue weighted by Gasteiger charge is 2.13. The van der Waals surface area contributed by atoms with Gasteiger partial charge < -0.3 is 4.98 Å². The molecule has 0 spiro atoms. The molecule has 0 fully saturated rings. The third kappa shape index (κ3) is 3.47. The van der Waals surface area contributed by atoms with Crippen molar-refractivity contribution in [3.63, 3.8) is 0 Å². The van der Waals surface area contributed by atoms with Crippen molar-refractivity contribution in [2.75, 3.05) is 0 Å². The second-order valence-electron chi connectivity index (χ2n) is 7.15. The number of thioether (sulfide) groups is 1. The average Bonchev–Trinajstić information content (AvgIpc) is 3.09. The fraction of sp³-hybridized carbons (Fsp3) is 0.227. The highest BCUT2D eigenvalue weighted by atomic mass is 32.2. The molecule has 0 atom stereocenters. The number of fused-ring (bicyclic) bond motifs is 1. The minimum absolute atomic E-state index is 0.163. The molecule has 2 aromatic carbocycles. The number of H-pyrrole nitrogens is 1. The first-order chi connectivity index (χ1) is 13.4. The van der Waals surface area contributed by atoms with Gasteiger partial charge in [0.2, 0.25) is 0 Å². The molecule has 0 aliphatic carbocycles. The summed E-state index contributed by atoms with van der Waals surface area (Å²) in [5.74, 6) is 0.750. The van der Waals surface area contributed by atoms with Crippen LogP contribution in [-0.4, -0.2) is 19.7 Å². The Morgan fingerprint density at radius 3 is 2.57 bits per heavy atom. The summed E-state index contributed by atoms with van der Waals surface area (Å²) in [5.41, 5.74) is 7.43. The van der Waals surface area contributed by atoms with Crippen LogP contribution < -0.4 is 5.56 Å². The molecule has 0 aliphatic rings. The van der Waals surface area contributed by atoms with Crippen LogP contribution in [0, 0.1) is 27.7 Å². The number of rotatable bonds is 4. The van der Waals surface area contributed by atoms with Crippen molar-refractivity contribution in [1.29, 1.82) is 0 Å². The predicted molar refractivity (Wildman–Crippen MR) is 114 cm³/mol. The molecule has 0 amide bonds. The maximum atomic E-state index is 12.5. The average molecular weight is 391 g/mol. The predicted octanol–water partition coefficient (Wildman–Crippen LogP) is 4.63. The topological polar surface area (TPSA) is 63.6 Å². The van der Waals surface area contributed by atoms with E-state index in [0.29, 0.717) is 16.2 Å². The van der Waals surface area contributed by atoms with Crippen LogP contribution in [0.5, 0.6) is 0 Å². The highest BCUT2D eigenvalue weighted by molar-refractivity contribution is 7.98. The minimum atomic E-state index is -0.163. The van der Waals surface area contributed by atoms with Crippen molar-refractivity contribution in [2.24, 2.45) is 0 Å². The molecule has 5 nitrogen and oxygen atoms in total. The van der Waals surface area contributed by atoms with Crippen LogP contribution in [0.4, 0.5) is 0 Å². The molecule has 0 bridgehead atoms. The number of hydrogen-bond donors (Lipinski definition) is 1. The first-order valence-electron chi connectivity index (χ1n) is 9.17. The third-order valence-corrected chi connectivity index (χ3v) is 5.94. The van der Waals surface area contributed by atoms with Gasteiger partial charge in [0.15, 0.2) is 10.8 Å². The first kappa shape index (κ1) is 18.5. The van der Waals surface area contributed by atoms with Crippen LogP contribution in [0.3, 0.4) is 0 Å². The minimum Gasteiger partial charge on any atom is -0.301 e. The lowest BCUT2D eigenvalue weighted by Gasteiger charge is -2.08. The standard InChI is InChI=1S/C22H22N4OS/c1-13-5-6-15(3)17(9-13)12-28-22-24-20-19(21(27)25-22)11-23-26(20)18-8-7-14(2)16(4)10-18/h5-11H,12H2,1-4H3,(H,24,25,27). The lowest BCUT2D eigenvalue weighted by Crippen LogP contribution is -2.10. The molecule has 142 valence electrons. The van der Waals surface area contributed by atoms with Crippen molar-refractivity contribution in [1.82, 2.24) is 19.7 Å². The summed E-state index contributed by atoms with van der Waals surface area (Å²) < 4.78 is 1.74. The molecule has 0 aliphatic heterocycles. The molecule has 0 radical (unpaired) electrons. The molecule has 0 saturated heterocycles. The van der Waals surface area contributed by atoms with E-state index in [1.807, 2.05) is 6.07 Å². The van der Waals surface area contributed by atoms with Gasteiger partial charge in [0.25, 0.3) is 5.56 Å². The van der Waals surface area contributed by atoms with Gasteiger partial charge in [-0.15, -0.1) is 0 Å². The van der Waals surface area contributed by atoms with E-state index in [2.05, 4.69) is 68.1 Å². The van der Waals surface area contributed by atoms with E-state index in [0.717, 1.165) is 11.4 Å². The van der Waals surface area contributed by atoms with Crippen molar-refractivity contribution >= 4 is 22.8 Å². The highest BCUT2D eigenvalue weighted by Crippen LogP contribution is 2.24. The molecule has 0 unspecified atom stereocenters. The van der Waals surface area contributed by atoms with E-state index in [-0.39, 0.29) is 5.56 Å². The summed E-state index contributed by atoms with van der Waals surface area (Å²) in [6.45, 7) is 8.33. The third-order valence-electron chi connectivity index (χ3n) is 5.02. The van der Waals surface area contributed by atoms with Gasteiger partial charge in [-0.25, -0.2) is 9.67 Å². The maximum Gasteiger partial charge on any atom is 0.262 e. The van der Waals surface area contributed by atoms with Gasteiger partial charge in [-0.05, 0) is 62.1 Å². The summed E-state index contributed by atoms with van der Waals surface area (Å²) in [5, 5.41) is 5.50. The zero-order valence-corrected chi connectivity index (χ0v) is 17.2. The number of aromatic nitrogens is 4. The Labute approximate surface area is 167 Å². The van der Waals surface area contributed by atoms with Crippen LogP contribution in [0.1, 0.15) is 27.8 Å².